The van der Waals surface area contributed by atoms with Crippen molar-refractivity contribution in [3.8, 4) is 5.75 Å². The SMILES string of the molecule is O=C(NC1CCN(CCc2ccccc2)CC1)c1c[nH]c(=O)cc1O. The van der Waals surface area contributed by atoms with Gasteiger partial charge in [-0.1, -0.05) is 30.3 Å². The third kappa shape index (κ3) is 4.70. The Morgan fingerprint density at radius 3 is 2.64 bits per heavy atom. The summed E-state index contributed by atoms with van der Waals surface area (Å²) in [5.74, 6) is -0.641. The molecule has 0 radical (unpaired) electrons. The highest BCUT2D eigenvalue weighted by Gasteiger charge is 2.22. The molecule has 1 fully saturated rings. The van der Waals surface area contributed by atoms with Gasteiger partial charge >= 0.3 is 0 Å². The Balaban J connectivity index is 1.46. The van der Waals surface area contributed by atoms with Gasteiger partial charge in [0.05, 0.1) is 5.56 Å². The molecular weight excluding hydrogens is 318 g/mol. The average Bonchev–Trinajstić information content (AvgIpc) is 2.62. The Labute approximate surface area is 146 Å². The van der Waals surface area contributed by atoms with Crippen LogP contribution in [0.15, 0.2) is 47.4 Å². The fourth-order valence-corrected chi connectivity index (χ4v) is 3.14. The molecule has 0 spiro atoms. The van der Waals surface area contributed by atoms with Crippen molar-refractivity contribution in [2.24, 2.45) is 0 Å². The van der Waals surface area contributed by atoms with E-state index in [9.17, 15) is 14.7 Å². The number of nitrogens with one attached hydrogen (secondary N) is 2. The molecule has 0 aliphatic carbocycles. The number of carbonyl (C=O) groups is 1. The highest BCUT2D eigenvalue weighted by Crippen LogP contribution is 2.15. The van der Waals surface area contributed by atoms with E-state index in [1.54, 1.807) is 0 Å². The predicted molar refractivity (Wildman–Crippen MR) is 95.8 cm³/mol. The number of H-pyrrole nitrogens is 1. The van der Waals surface area contributed by atoms with E-state index < -0.39 is 5.56 Å². The number of piperidine rings is 1. The summed E-state index contributed by atoms with van der Waals surface area (Å²) in [6.07, 6.45) is 4.04. The molecule has 1 amide bonds. The summed E-state index contributed by atoms with van der Waals surface area (Å²) in [6.45, 7) is 2.90. The van der Waals surface area contributed by atoms with Crippen molar-refractivity contribution in [1.29, 1.82) is 0 Å². The molecule has 1 aliphatic rings. The van der Waals surface area contributed by atoms with Crippen molar-refractivity contribution in [2.75, 3.05) is 19.6 Å². The molecule has 6 heteroatoms. The number of hydrogen-bond acceptors (Lipinski definition) is 4. The first-order valence-corrected chi connectivity index (χ1v) is 8.60. The lowest BCUT2D eigenvalue weighted by atomic mass is 10.0. The van der Waals surface area contributed by atoms with E-state index in [1.807, 2.05) is 6.07 Å². The van der Waals surface area contributed by atoms with Crippen LogP contribution in [0.5, 0.6) is 5.75 Å². The molecule has 132 valence electrons. The summed E-state index contributed by atoms with van der Waals surface area (Å²) < 4.78 is 0. The van der Waals surface area contributed by atoms with E-state index in [1.165, 1.54) is 11.8 Å². The van der Waals surface area contributed by atoms with E-state index in [0.29, 0.717) is 0 Å². The summed E-state index contributed by atoms with van der Waals surface area (Å²) in [5, 5.41) is 12.7. The number of rotatable bonds is 5. The number of pyridine rings is 1. The second kappa shape index (κ2) is 7.98. The van der Waals surface area contributed by atoms with Gasteiger partial charge in [0.15, 0.2) is 0 Å². The van der Waals surface area contributed by atoms with Crippen LogP contribution in [0, 0.1) is 0 Å². The second-order valence-electron chi connectivity index (χ2n) is 6.42. The maximum Gasteiger partial charge on any atom is 0.256 e. The number of carbonyl (C=O) groups excluding carboxylic acids is 1. The van der Waals surface area contributed by atoms with E-state index >= 15 is 0 Å². The van der Waals surface area contributed by atoms with Crippen LogP contribution >= 0.6 is 0 Å². The Kier molecular flexibility index (Phi) is 5.50. The maximum atomic E-state index is 12.2. The minimum atomic E-state index is -0.430. The molecule has 3 N–H and O–H groups in total. The lowest BCUT2D eigenvalue weighted by molar-refractivity contribution is 0.0908. The summed E-state index contributed by atoms with van der Waals surface area (Å²) in [5.41, 5.74) is 1.01. The zero-order chi connectivity index (χ0) is 17.6. The highest BCUT2D eigenvalue weighted by molar-refractivity contribution is 5.96. The van der Waals surface area contributed by atoms with E-state index in [2.05, 4.69) is 39.5 Å². The number of aromatic amines is 1. The first kappa shape index (κ1) is 17.2. The van der Waals surface area contributed by atoms with Crippen molar-refractivity contribution in [2.45, 2.75) is 25.3 Å². The van der Waals surface area contributed by atoms with Gasteiger partial charge in [0, 0.05) is 37.9 Å². The van der Waals surface area contributed by atoms with Crippen LogP contribution in [0.4, 0.5) is 0 Å². The minimum absolute atomic E-state index is 0.0896. The molecule has 0 saturated carbocycles. The molecule has 0 bridgehead atoms. The van der Waals surface area contributed by atoms with Crippen LogP contribution in [0.1, 0.15) is 28.8 Å². The summed E-state index contributed by atoms with van der Waals surface area (Å²) in [6, 6.07) is 11.5. The number of benzene rings is 1. The topological polar surface area (TPSA) is 85.4 Å². The number of aromatic nitrogens is 1. The molecule has 0 unspecified atom stereocenters. The van der Waals surface area contributed by atoms with E-state index in [-0.39, 0.29) is 23.3 Å². The summed E-state index contributed by atoms with van der Waals surface area (Å²) in [4.78, 5) is 28.2. The molecule has 3 rings (SSSR count). The van der Waals surface area contributed by atoms with Crippen molar-refractivity contribution >= 4 is 5.91 Å². The van der Waals surface area contributed by atoms with E-state index in [0.717, 1.165) is 45.0 Å². The van der Waals surface area contributed by atoms with Crippen molar-refractivity contribution in [1.82, 2.24) is 15.2 Å². The van der Waals surface area contributed by atoms with Gasteiger partial charge in [-0.3, -0.25) is 9.59 Å². The number of likely N-dealkylation sites (tertiary alicyclic amines) is 1. The number of aromatic hydroxyl groups is 1. The lowest BCUT2D eigenvalue weighted by Crippen LogP contribution is -2.45. The van der Waals surface area contributed by atoms with Crippen molar-refractivity contribution < 1.29 is 9.90 Å². The molecule has 1 aromatic heterocycles. The average molecular weight is 341 g/mol. The minimum Gasteiger partial charge on any atom is -0.507 e. The zero-order valence-corrected chi connectivity index (χ0v) is 14.1. The summed E-state index contributed by atoms with van der Waals surface area (Å²) in [7, 11) is 0. The number of nitrogens with zero attached hydrogens (tertiary/aromatic N) is 1. The van der Waals surface area contributed by atoms with Crippen molar-refractivity contribution in [3.63, 3.8) is 0 Å². The highest BCUT2D eigenvalue weighted by atomic mass is 16.3. The Morgan fingerprint density at radius 1 is 1.24 bits per heavy atom. The van der Waals surface area contributed by atoms with Gasteiger partial charge in [0.2, 0.25) is 0 Å². The van der Waals surface area contributed by atoms with Crippen LogP contribution in [0.3, 0.4) is 0 Å². The fraction of sp³-hybridized carbons (Fsp3) is 0.368. The molecule has 1 aliphatic heterocycles. The van der Waals surface area contributed by atoms with Crippen LogP contribution in [0.2, 0.25) is 0 Å². The molecule has 2 aromatic rings. The van der Waals surface area contributed by atoms with E-state index in [4.69, 9.17) is 0 Å². The quantitative estimate of drug-likeness (QED) is 0.770. The third-order valence-electron chi connectivity index (χ3n) is 4.63. The lowest BCUT2D eigenvalue weighted by Gasteiger charge is -2.32. The van der Waals surface area contributed by atoms with Gasteiger partial charge in [0.25, 0.3) is 11.5 Å². The molecule has 6 nitrogen and oxygen atoms in total. The molecular formula is C19H23N3O3. The first-order chi connectivity index (χ1) is 12.1. The number of hydrogen-bond donors (Lipinski definition) is 3. The molecule has 0 atom stereocenters. The Bertz CT molecular complexity index is 765. The first-order valence-electron chi connectivity index (χ1n) is 8.60. The van der Waals surface area contributed by atoms with Crippen molar-refractivity contribution in [3.05, 3.63) is 64.1 Å². The molecule has 1 aromatic carbocycles. The molecule has 25 heavy (non-hydrogen) atoms. The van der Waals surface area contributed by atoms with Gasteiger partial charge in [-0.05, 0) is 24.8 Å². The van der Waals surface area contributed by atoms with Crippen LogP contribution in [-0.4, -0.2) is 46.6 Å². The van der Waals surface area contributed by atoms with Crippen LogP contribution in [0.25, 0.3) is 0 Å². The maximum absolute atomic E-state index is 12.2. The van der Waals surface area contributed by atoms with Crippen LogP contribution < -0.4 is 10.9 Å². The monoisotopic (exact) mass is 341 g/mol. The third-order valence-corrected chi connectivity index (χ3v) is 4.63. The van der Waals surface area contributed by atoms with Gasteiger partial charge in [-0.25, -0.2) is 0 Å². The predicted octanol–water partition coefficient (Wildman–Crippen LogP) is 1.52. The Hall–Kier alpha value is -2.60. The van der Waals surface area contributed by atoms with Gasteiger partial charge < -0.3 is 20.3 Å². The molecule has 2 heterocycles. The second-order valence-corrected chi connectivity index (χ2v) is 6.42. The Morgan fingerprint density at radius 2 is 1.96 bits per heavy atom. The van der Waals surface area contributed by atoms with Crippen LogP contribution in [-0.2, 0) is 6.42 Å². The van der Waals surface area contributed by atoms with Gasteiger partial charge in [-0.15, -0.1) is 0 Å². The summed E-state index contributed by atoms with van der Waals surface area (Å²) >= 11 is 0. The number of amides is 1. The zero-order valence-electron chi connectivity index (χ0n) is 14.1. The normalized spacial score (nSPS) is 15.8. The van der Waals surface area contributed by atoms with Gasteiger partial charge in [0.1, 0.15) is 5.75 Å². The largest absolute Gasteiger partial charge is 0.507 e. The van der Waals surface area contributed by atoms with Gasteiger partial charge in [-0.2, -0.15) is 0 Å². The fourth-order valence-electron chi connectivity index (χ4n) is 3.14. The molecule has 1 saturated heterocycles. The smallest absolute Gasteiger partial charge is 0.256 e. The standard InChI is InChI=1S/C19H23N3O3/c23-17-12-18(24)20-13-16(17)19(25)21-15-7-10-22(11-8-15)9-6-14-4-2-1-3-5-14/h1-5,12-13,15H,6-11H2,(H,21,25)(H2,20,23,24).